The zero-order valence-electron chi connectivity index (χ0n) is 11.1. The Kier molecular flexibility index (Phi) is 3.17. The van der Waals surface area contributed by atoms with Crippen molar-refractivity contribution >= 4 is 32.9 Å². The number of hydrogen-bond donors (Lipinski definition) is 2. The van der Waals surface area contributed by atoms with Crippen LogP contribution in [-0.4, -0.2) is 20.6 Å². The molecule has 0 spiro atoms. The number of aromatic carboxylic acids is 1. The van der Waals surface area contributed by atoms with Crippen LogP contribution in [0.1, 0.15) is 15.9 Å². The summed E-state index contributed by atoms with van der Waals surface area (Å²) in [5.74, 6) is -1.03. The molecule has 0 saturated heterocycles. The van der Waals surface area contributed by atoms with Crippen molar-refractivity contribution in [2.75, 3.05) is 0 Å². The molecular formula is C15H11BrN2O3. The Morgan fingerprint density at radius 2 is 2.05 bits per heavy atom. The summed E-state index contributed by atoms with van der Waals surface area (Å²) in [7, 11) is 0. The zero-order valence-corrected chi connectivity index (χ0v) is 12.6. The normalized spacial score (nSPS) is 11.0. The second-order valence-corrected chi connectivity index (χ2v) is 5.50. The van der Waals surface area contributed by atoms with Crippen molar-refractivity contribution in [2.24, 2.45) is 0 Å². The van der Waals surface area contributed by atoms with Crippen molar-refractivity contribution in [3.05, 3.63) is 62.5 Å². The van der Waals surface area contributed by atoms with Crippen molar-refractivity contribution in [3.63, 3.8) is 0 Å². The Balaban J connectivity index is 2.33. The molecule has 21 heavy (non-hydrogen) atoms. The van der Waals surface area contributed by atoms with Gasteiger partial charge in [-0.05, 0) is 52.7 Å². The van der Waals surface area contributed by atoms with Gasteiger partial charge in [0.25, 0.3) is 0 Å². The molecule has 3 rings (SSSR count). The summed E-state index contributed by atoms with van der Waals surface area (Å²) in [6, 6.07) is 10.2. The number of nitrogens with one attached hydrogen (secondary N) is 1. The molecule has 0 unspecified atom stereocenters. The predicted octanol–water partition coefficient (Wildman–Crippen LogP) is 3.09. The van der Waals surface area contributed by atoms with Crippen LogP contribution in [0.15, 0.2) is 45.7 Å². The Hall–Kier alpha value is -2.34. The van der Waals surface area contributed by atoms with Gasteiger partial charge in [-0.1, -0.05) is 12.1 Å². The minimum absolute atomic E-state index is 0.138. The van der Waals surface area contributed by atoms with E-state index in [4.69, 9.17) is 5.11 Å². The minimum atomic E-state index is -1.03. The molecule has 5 nitrogen and oxygen atoms in total. The van der Waals surface area contributed by atoms with Crippen LogP contribution >= 0.6 is 15.9 Å². The summed E-state index contributed by atoms with van der Waals surface area (Å²) in [6.45, 7) is 1.94. The van der Waals surface area contributed by atoms with Gasteiger partial charge >= 0.3 is 11.7 Å². The number of aryl methyl sites for hydroxylation is 1. The monoisotopic (exact) mass is 346 g/mol. The second-order valence-electron chi connectivity index (χ2n) is 4.71. The van der Waals surface area contributed by atoms with Gasteiger partial charge in [-0.2, -0.15) is 0 Å². The molecule has 0 radical (unpaired) electrons. The van der Waals surface area contributed by atoms with E-state index in [1.807, 2.05) is 25.1 Å². The number of carboxylic acids is 1. The van der Waals surface area contributed by atoms with E-state index in [1.54, 1.807) is 6.07 Å². The molecule has 3 aromatic rings. The number of aromatic amines is 1. The van der Waals surface area contributed by atoms with Gasteiger partial charge in [-0.3, -0.25) is 4.57 Å². The van der Waals surface area contributed by atoms with Gasteiger partial charge in [0.15, 0.2) is 0 Å². The van der Waals surface area contributed by atoms with E-state index in [0.29, 0.717) is 16.7 Å². The Bertz CT molecular complexity index is 924. The number of nitrogens with zero attached hydrogens (tertiary/aromatic N) is 1. The number of hydrogen-bond acceptors (Lipinski definition) is 2. The molecule has 0 fully saturated rings. The smallest absolute Gasteiger partial charge is 0.335 e. The quantitative estimate of drug-likeness (QED) is 0.748. The lowest BCUT2D eigenvalue weighted by Crippen LogP contribution is -2.15. The molecule has 0 saturated carbocycles. The van der Waals surface area contributed by atoms with Crippen molar-refractivity contribution in [3.8, 4) is 5.69 Å². The summed E-state index contributed by atoms with van der Waals surface area (Å²) >= 11 is 3.49. The summed E-state index contributed by atoms with van der Waals surface area (Å²) in [5, 5.41) is 9.01. The molecule has 0 atom stereocenters. The first-order chi connectivity index (χ1) is 9.99. The molecule has 2 N–H and O–H groups in total. The zero-order chi connectivity index (χ0) is 15.1. The van der Waals surface area contributed by atoms with Crippen LogP contribution in [0.25, 0.3) is 16.7 Å². The van der Waals surface area contributed by atoms with E-state index < -0.39 is 5.97 Å². The van der Waals surface area contributed by atoms with Gasteiger partial charge in [0.2, 0.25) is 0 Å². The number of carboxylic acid groups (broad SMARTS) is 1. The van der Waals surface area contributed by atoms with E-state index in [2.05, 4.69) is 20.9 Å². The maximum Gasteiger partial charge on any atom is 0.335 e. The highest BCUT2D eigenvalue weighted by Gasteiger charge is 2.14. The average Bonchev–Trinajstić information content (AvgIpc) is 2.77. The van der Waals surface area contributed by atoms with Crippen LogP contribution < -0.4 is 5.69 Å². The molecule has 0 aliphatic heterocycles. The van der Waals surface area contributed by atoms with Crippen LogP contribution in [0.3, 0.4) is 0 Å². The third-order valence-electron chi connectivity index (χ3n) is 3.34. The largest absolute Gasteiger partial charge is 0.478 e. The van der Waals surface area contributed by atoms with Crippen LogP contribution in [0, 0.1) is 6.92 Å². The first-order valence-electron chi connectivity index (χ1n) is 6.22. The Labute approximate surface area is 128 Å². The van der Waals surface area contributed by atoms with E-state index in [0.717, 1.165) is 10.0 Å². The van der Waals surface area contributed by atoms with Gasteiger partial charge in [0.05, 0.1) is 22.3 Å². The highest BCUT2D eigenvalue weighted by molar-refractivity contribution is 9.10. The molecule has 2 aromatic carbocycles. The van der Waals surface area contributed by atoms with E-state index in [1.165, 1.54) is 16.7 Å². The van der Waals surface area contributed by atoms with Crippen molar-refractivity contribution in [2.45, 2.75) is 6.92 Å². The van der Waals surface area contributed by atoms with Crippen molar-refractivity contribution < 1.29 is 9.90 Å². The molecule has 0 bridgehead atoms. The highest BCUT2D eigenvalue weighted by atomic mass is 79.9. The fourth-order valence-electron chi connectivity index (χ4n) is 2.29. The number of imidazole rings is 1. The lowest BCUT2D eigenvalue weighted by atomic mass is 10.2. The molecule has 1 aromatic heterocycles. The average molecular weight is 347 g/mol. The molecule has 6 heteroatoms. The number of benzene rings is 2. The lowest BCUT2D eigenvalue weighted by molar-refractivity contribution is 0.0697. The van der Waals surface area contributed by atoms with Crippen LogP contribution in [-0.2, 0) is 0 Å². The van der Waals surface area contributed by atoms with Gasteiger partial charge in [0, 0.05) is 4.47 Å². The van der Waals surface area contributed by atoms with E-state index in [9.17, 15) is 9.59 Å². The summed E-state index contributed by atoms with van der Waals surface area (Å²) < 4.78 is 2.35. The fourth-order valence-corrected chi connectivity index (χ4v) is 2.73. The SMILES string of the molecule is Cc1cccc(-n2c(=O)[nH]c3cc(C(=O)O)ccc32)c1Br. The van der Waals surface area contributed by atoms with E-state index in [-0.39, 0.29) is 11.3 Å². The number of fused-ring (bicyclic) bond motifs is 1. The molecule has 1 heterocycles. The Morgan fingerprint density at radius 1 is 1.29 bits per heavy atom. The lowest BCUT2D eigenvalue weighted by Gasteiger charge is -2.08. The third-order valence-corrected chi connectivity index (χ3v) is 4.37. The van der Waals surface area contributed by atoms with Gasteiger partial charge < -0.3 is 10.1 Å². The summed E-state index contributed by atoms with van der Waals surface area (Å²) in [4.78, 5) is 25.9. The number of rotatable bonds is 2. The first-order valence-corrected chi connectivity index (χ1v) is 7.02. The molecule has 0 aliphatic rings. The van der Waals surface area contributed by atoms with Crippen LogP contribution in [0.4, 0.5) is 0 Å². The number of carbonyl (C=O) groups is 1. The highest BCUT2D eigenvalue weighted by Crippen LogP contribution is 2.26. The minimum Gasteiger partial charge on any atom is -0.478 e. The van der Waals surface area contributed by atoms with Crippen molar-refractivity contribution in [1.29, 1.82) is 0 Å². The maximum absolute atomic E-state index is 12.2. The summed E-state index contributed by atoms with van der Waals surface area (Å²) in [5.41, 5.74) is 2.69. The van der Waals surface area contributed by atoms with Crippen LogP contribution in [0.2, 0.25) is 0 Å². The fraction of sp³-hybridized carbons (Fsp3) is 0.0667. The van der Waals surface area contributed by atoms with Crippen molar-refractivity contribution in [1.82, 2.24) is 9.55 Å². The summed E-state index contributed by atoms with van der Waals surface area (Å²) in [6.07, 6.45) is 0. The van der Waals surface area contributed by atoms with E-state index >= 15 is 0 Å². The number of H-pyrrole nitrogens is 1. The number of halogens is 1. The molecule has 0 amide bonds. The van der Waals surface area contributed by atoms with Gasteiger partial charge in [-0.15, -0.1) is 0 Å². The third kappa shape index (κ3) is 2.17. The molecule has 0 aliphatic carbocycles. The maximum atomic E-state index is 12.2. The topological polar surface area (TPSA) is 75.1 Å². The number of aromatic nitrogens is 2. The van der Waals surface area contributed by atoms with Gasteiger partial charge in [0.1, 0.15) is 0 Å². The predicted molar refractivity (Wildman–Crippen MR) is 83.3 cm³/mol. The van der Waals surface area contributed by atoms with Crippen LogP contribution in [0.5, 0.6) is 0 Å². The van der Waals surface area contributed by atoms with Gasteiger partial charge in [-0.25, -0.2) is 9.59 Å². The first kappa shape index (κ1) is 13.6. The molecule has 106 valence electrons. The molecular weight excluding hydrogens is 336 g/mol. The standard InChI is InChI=1S/C15H11BrN2O3/c1-8-3-2-4-12(13(8)16)18-11-6-5-9(14(19)20)7-10(11)17-15(18)21/h2-7H,1H3,(H,17,21)(H,19,20). The Morgan fingerprint density at radius 3 is 2.76 bits per heavy atom. The second kappa shape index (κ2) is 4.89.